The zero-order valence-corrected chi connectivity index (χ0v) is 9.15. The molecule has 1 aromatic rings. The van der Waals surface area contributed by atoms with E-state index in [1.807, 2.05) is 0 Å². The molecule has 0 saturated carbocycles. The van der Waals surface area contributed by atoms with Gasteiger partial charge in [-0.3, -0.25) is 0 Å². The predicted molar refractivity (Wildman–Crippen MR) is 54.2 cm³/mol. The van der Waals surface area contributed by atoms with E-state index in [0.29, 0.717) is 10.0 Å². The Morgan fingerprint density at radius 1 is 1.29 bits per heavy atom. The van der Waals surface area contributed by atoms with E-state index in [2.05, 4.69) is 4.74 Å². The van der Waals surface area contributed by atoms with Crippen molar-refractivity contribution >= 4 is 29.4 Å². The van der Waals surface area contributed by atoms with Gasteiger partial charge in [0.1, 0.15) is 0 Å². The average Bonchev–Trinajstić information content (AvgIpc) is 2.14. The van der Waals surface area contributed by atoms with E-state index in [4.69, 9.17) is 27.9 Å². The first-order valence-electron chi connectivity index (χ1n) is 3.76. The van der Waals surface area contributed by atoms with Crippen molar-refractivity contribution < 1.29 is 14.3 Å². The molecule has 3 nitrogen and oxygen atoms in total. The molecule has 5 heteroatoms. The highest BCUT2D eigenvalue weighted by Crippen LogP contribution is 2.30. The van der Waals surface area contributed by atoms with Gasteiger partial charge in [-0.2, -0.15) is 0 Å². The highest BCUT2D eigenvalue weighted by molar-refractivity contribution is 6.34. The third-order valence-electron chi connectivity index (χ3n) is 1.57. The van der Waals surface area contributed by atoms with Gasteiger partial charge in [-0.15, -0.1) is 0 Å². The van der Waals surface area contributed by atoms with Crippen LogP contribution in [0.3, 0.4) is 0 Å². The van der Waals surface area contributed by atoms with Crippen LogP contribution >= 0.6 is 23.2 Å². The topological polar surface area (TPSA) is 35.5 Å². The molecule has 76 valence electrons. The van der Waals surface area contributed by atoms with E-state index >= 15 is 0 Å². The second-order valence-electron chi connectivity index (χ2n) is 2.59. The smallest absolute Gasteiger partial charge is 0.437 e. The number of rotatable bonds is 1. The summed E-state index contributed by atoms with van der Waals surface area (Å²) in [6.07, 6.45) is -0.827. The second-order valence-corrected chi connectivity index (χ2v) is 3.40. The van der Waals surface area contributed by atoms with Gasteiger partial charge in [0.05, 0.1) is 12.1 Å². The molecule has 0 heterocycles. The fourth-order valence-corrected chi connectivity index (χ4v) is 1.25. The molecule has 0 N–H and O–H groups in total. The van der Waals surface area contributed by atoms with Gasteiger partial charge in [0.2, 0.25) is 0 Å². The van der Waals surface area contributed by atoms with Crippen LogP contribution in [0.5, 0.6) is 5.75 Å². The number of carbonyl (C=O) groups is 1. The van der Waals surface area contributed by atoms with E-state index < -0.39 is 6.16 Å². The Morgan fingerprint density at radius 3 is 2.50 bits per heavy atom. The number of ether oxygens (including phenoxy) is 2. The second kappa shape index (κ2) is 4.53. The van der Waals surface area contributed by atoms with E-state index in [-0.39, 0.29) is 5.75 Å². The first-order valence-corrected chi connectivity index (χ1v) is 4.51. The number of aryl methyl sites for hydroxylation is 1. The molecule has 1 aromatic carbocycles. The van der Waals surface area contributed by atoms with Crippen molar-refractivity contribution in [2.75, 3.05) is 7.11 Å². The maximum atomic E-state index is 10.8. The summed E-state index contributed by atoms with van der Waals surface area (Å²) < 4.78 is 9.07. The molecule has 0 fully saturated rings. The summed E-state index contributed by atoms with van der Waals surface area (Å²) >= 11 is 11.6. The van der Waals surface area contributed by atoms with Crippen LogP contribution in [0, 0.1) is 6.92 Å². The minimum Gasteiger partial charge on any atom is -0.437 e. The van der Waals surface area contributed by atoms with Gasteiger partial charge in [-0.1, -0.05) is 23.2 Å². The predicted octanol–water partition coefficient (Wildman–Crippen LogP) is 3.45. The lowest BCUT2D eigenvalue weighted by molar-refractivity contribution is 0.121. The largest absolute Gasteiger partial charge is 0.513 e. The molecule has 0 amide bonds. The molecule has 0 radical (unpaired) electrons. The summed E-state index contributed by atoms with van der Waals surface area (Å²) in [6.45, 7) is 1.80. The lowest BCUT2D eigenvalue weighted by Gasteiger charge is -2.06. The Labute approximate surface area is 91.5 Å². The van der Waals surface area contributed by atoms with Crippen molar-refractivity contribution in [2.45, 2.75) is 6.92 Å². The fraction of sp³-hybridized carbons (Fsp3) is 0.222. The number of benzene rings is 1. The quantitative estimate of drug-likeness (QED) is 0.552. The fourth-order valence-electron chi connectivity index (χ4n) is 0.838. The molecule has 0 aliphatic rings. The highest BCUT2D eigenvalue weighted by Gasteiger charge is 2.10. The Bertz CT molecular complexity index is 363. The zero-order valence-electron chi connectivity index (χ0n) is 7.64. The Balaban J connectivity index is 2.98. The summed E-state index contributed by atoms with van der Waals surface area (Å²) in [5.74, 6) is 0.189. The van der Waals surface area contributed by atoms with Crippen molar-refractivity contribution in [3.8, 4) is 5.75 Å². The first kappa shape index (κ1) is 11.1. The van der Waals surface area contributed by atoms with Gasteiger partial charge in [0.15, 0.2) is 5.75 Å². The molecule has 0 unspecified atom stereocenters. The number of carbonyl (C=O) groups excluding carboxylic acids is 1. The average molecular weight is 235 g/mol. The highest BCUT2D eigenvalue weighted by atomic mass is 35.5. The maximum Gasteiger partial charge on any atom is 0.513 e. The molecule has 0 saturated heterocycles. The molecule has 0 atom stereocenters. The molecule has 1 rings (SSSR count). The van der Waals surface area contributed by atoms with Crippen LogP contribution in [0.15, 0.2) is 12.1 Å². The molecular weight excluding hydrogens is 227 g/mol. The number of hydrogen-bond donors (Lipinski definition) is 0. The zero-order chi connectivity index (χ0) is 10.7. The van der Waals surface area contributed by atoms with E-state index in [1.54, 1.807) is 13.0 Å². The van der Waals surface area contributed by atoms with E-state index in [0.717, 1.165) is 5.56 Å². The maximum absolute atomic E-state index is 10.8. The van der Waals surface area contributed by atoms with Crippen molar-refractivity contribution in [3.05, 3.63) is 27.7 Å². The summed E-state index contributed by atoms with van der Waals surface area (Å²) in [5, 5.41) is 0.797. The SMILES string of the molecule is COC(=O)Oc1cc(Cl)c(C)cc1Cl. The molecule has 0 aliphatic carbocycles. The lowest BCUT2D eigenvalue weighted by Crippen LogP contribution is -2.07. The third-order valence-corrected chi connectivity index (χ3v) is 2.28. The standard InChI is InChI=1S/C9H8Cl2O3/c1-5-3-7(11)8(4-6(5)10)14-9(12)13-2/h3-4H,1-2H3. The van der Waals surface area contributed by atoms with Crippen molar-refractivity contribution in [2.24, 2.45) is 0 Å². The molecule has 0 bridgehead atoms. The number of methoxy groups -OCH3 is 1. The lowest BCUT2D eigenvalue weighted by atomic mass is 10.2. The van der Waals surface area contributed by atoms with Crippen LogP contribution < -0.4 is 4.74 Å². The van der Waals surface area contributed by atoms with Crippen LogP contribution in [-0.4, -0.2) is 13.3 Å². The third kappa shape index (κ3) is 2.53. The van der Waals surface area contributed by atoms with Crippen LogP contribution in [0.4, 0.5) is 4.79 Å². The monoisotopic (exact) mass is 234 g/mol. The summed E-state index contributed by atoms with van der Waals surface area (Å²) in [6, 6.07) is 3.08. The van der Waals surface area contributed by atoms with E-state index in [1.165, 1.54) is 13.2 Å². The van der Waals surface area contributed by atoms with Crippen molar-refractivity contribution in [3.63, 3.8) is 0 Å². The van der Waals surface area contributed by atoms with Crippen LogP contribution in [0.2, 0.25) is 10.0 Å². The summed E-state index contributed by atoms with van der Waals surface area (Å²) in [5.41, 5.74) is 0.814. The minimum atomic E-state index is -0.827. The molecule has 14 heavy (non-hydrogen) atoms. The van der Waals surface area contributed by atoms with Gasteiger partial charge < -0.3 is 9.47 Å². The van der Waals surface area contributed by atoms with Gasteiger partial charge in [0, 0.05) is 11.1 Å². The first-order chi connectivity index (χ1) is 6.54. The molecule has 0 aromatic heterocycles. The normalized spacial score (nSPS) is 9.71. The Kier molecular flexibility index (Phi) is 3.61. The van der Waals surface area contributed by atoms with Gasteiger partial charge in [0.25, 0.3) is 0 Å². The molecule has 0 aliphatic heterocycles. The van der Waals surface area contributed by atoms with E-state index in [9.17, 15) is 4.79 Å². The molecular formula is C9H8Cl2O3. The van der Waals surface area contributed by atoms with Crippen molar-refractivity contribution in [1.82, 2.24) is 0 Å². The number of halogens is 2. The summed E-state index contributed by atoms with van der Waals surface area (Å²) in [4.78, 5) is 10.8. The van der Waals surface area contributed by atoms with Gasteiger partial charge in [-0.25, -0.2) is 4.79 Å². The Morgan fingerprint density at radius 2 is 1.93 bits per heavy atom. The van der Waals surface area contributed by atoms with Crippen molar-refractivity contribution in [1.29, 1.82) is 0 Å². The Hall–Kier alpha value is -0.930. The minimum absolute atomic E-state index is 0.189. The van der Waals surface area contributed by atoms with Crippen LogP contribution in [-0.2, 0) is 4.74 Å². The van der Waals surface area contributed by atoms with Gasteiger partial charge in [-0.05, 0) is 18.6 Å². The molecule has 0 spiro atoms. The van der Waals surface area contributed by atoms with Crippen LogP contribution in [0.25, 0.3) is 0 Å². The number of hydrogen-bond acceptors (Lipinski definition) is 3. The van der Waals surface area contributed by atoms with Crippen LogP contribution in [0.1, 0.15) is 5.56 Å². The summed E-state index contributed by atoms with van der Waals surface area (Å²) in [7, 11) is 1.21. The van der Waals surface area contributed by atoms with Gasteiger partial charge >= 0.3 is 6.16 Å².